The molecule has 0 bridgehead atoms. The van der Waals surface area contributed by atoms with Crippen molar-refractivity contribution in [3.05, 3.63) is 76.5 Å². The normalized spacial score (nSPS) is 10.5. The van der Waals surface area contributed by atoms with Gasteiger partial charge in [0.05, 0.1) is 10.4 Å². The van der Waals surface area contributed by atoms with Gasteiger partial charge in [0.1, 0.15) is 6.61 Å². The van der Waals surface area contributed by atoms with E-state index in [1.54, 1.807) is 12.3 Å². The molecule has 0 amide bonds. The smallest absolute Gasteiger partial charge is 0.418 e. The quantitative estimate of drug-likeness (QED) is 0.545. The number of hydrogen-bond acceptors (Lipinski definition) is 4. The molecule has 0 aliphatic heterocycles. The van der Waals surface area contributed by atoms with Gasteiger partial charge in [-0.05, 0) is 17.7 Å². The summed E-state index contributed by atoms with van der Waals surface area (Å²) in [5, 5.41) is 11.4. The van der Waals surface area contributed by atoms with Gasteiger partial charge >= 0.3 is 6.09 Å². The molecule has 0 saturated carbocycles. The third-order valence-corrected chi connectivity index (χ3v) is 3.29. The molecule has 0 radical (unpaired) electrons. The predicted molar refractivity (Wildman–Crippen MR) is 80.6 cm³/mol. The zero-order valence-electron chi connectivity index (χ0n) is 11.5. The highest BCUT2D eigenvalue weighted by Crippen LogP contribution is 2.22. The topological polar surface area (TPSA) is 74.4 Å². The van der Waals surface area contributed by atoms with Gasteiger partial charge in [0.15, 0.2) is 0 Å². The van der Waals surface area contributed by atoms with Crippen molar-refractivity contribution in [2.24, 2.45) is 0 Å². The Morgan fingerprint density at radius 2 is 1.91 bits per heavy atom. The number of benzene rings is 2. The van der Waals surface area contributed by atoms with Crippen molar-refractivity contribution in [1.82, 2.24) is 4.57 Å². The second kappa shape index (κ2) is 5.69. The molecule has 6 nitrogen and oxygen atoms in total. The van der Waals surface area contributed by atoms with Gasteiger partial charge in [0.25, 0.3) is 5.69 Å². The Hall–Kier alpha value is -3.15. The van der Waals surface area contributed by atoms with Gasteiger partial charge in [-0.1, -0.05) is 30.3 Å². The highest BCUT2D eigenvalue weighted by molar-refractivity contribution is 5.90. The number of nitrogens with zero attached hydrogens (tertiary/aromatic N) is 2. The zero-order chi connectivity index (χ0) is 15.5. The molecule has 1 heterocycles. The van der Waals surface area contributed by atoms with Gasteiger partial charge in [0, 0.05) is 23.7 Å². The molecule has 22 heavy (non-hydrogen) atoms. The lowest BCUT2D eigenvalue weighted by molar-refractivity contribution is -0.384. The molecule has 3 rings (SSSR count). The molecule has 110 valence electrons. The van der Waals surface area contributed by atoms with Crippen LogP contribution in [-0.4, -0.2) is 15.6 Å². The van der Waals surface area contributed by atoms with Crippen LogP contribution in [-0.2, 0) is 11.3 Å². The zero-order valence-corrected chi connectivity index (χ0v) is 11.5. The van der Waals surface area contributed by atoms with Crippen molar-refractivity contribution in [2.45, 2.75) is 6.61 Å². The van der Waals surface area contributed by atoms with Crippen LogP contribution >= 0.6 is 0 Å². The molecule has 0 unspecified atom stereocenters. The molecule has 0 spiro atoms. The fourth-order valence-electron chi connectivity index (χ4n) is 2.19. The number of nitro groups is 1. The number of hydrogen-bond donors (Lipinski definition) is 0. The van der Waals surface area contributed by atoms with E-state index in [1.807, 2.05) is 30.3 Å². The summed E-state index contributed by atoms with van der Waals surface area (Å²) in [6, 6.07) is 15.3. The summed E-state index contributed by atoms with van der Waals surface area (Å²) in [5.41, 5.74) is 1.45. The molecular formula is C16H12N2O4. The number of carbonyl (C=O) groups is 1. The Balaban J connectivity index is 1.81. The molecule has 0 aliphatic carbocycles. The van der Waals surface area contributed by atoms with Crippen LogP contribution in [0.2, 0.25) is 0 Å². The number of carbonyl (C=O) groups excluding carboxylic acids is 1. The van der Waals surface area contributed by atoms with E-state index in [-0.39, 0.29) is 12.3 Å². The third kappa shape index (κ3) is 2.67. The Labute approximate surface area is 125 Å². The van der Waals surface area contributed by atoms with Crippen LogP contribution in [0.4, 0.5) is 10.5 Å². The minimum absolute atomic E-state index is 0.0112. The number of rotatable bonds is 3. The van der Waals surface area contributed by atoms with Gasteiger partial charge in [-0.25, -0.2) is 4.79 Å². The molecular weight excluding hydrogens is 284 g/mol. The van der Waals surface area contributed by atoms with Crippen molar-refractivity contribution in [1.29, 1.82) is 0 Å². The molecule has 0 aliphatic rings. The van der Waals surface area contributed by atoms with Crippen LogP contribution in [0.15, 0.2) is 60.8 Å². The van der Waals surface area contributed by atoms with Crippen LogP contribution in [0.5, 0.6) is 0 Å². The van der Waals surface area contributed by atoms with E-state index < -0.39 is 11.0 Å². The fraction of sp³-hybridized carbons (Fsp3) is 0.0625. The summed E-state index contributed by atoms with van der Waals surface area (Å²) in [6.07, 6.45) is 1.02. The van der Waals surface area contributed by atoms with E-state index in [0.717, 1.165) is 5.56 Å². The molecule has 0 N–H and O–H groups in total. The number of aromatic nitrogens is 1. The van der Waals surface area contributed by atoms with Crippen LogP contribution in [0, 0.1) is 10.1 Å². The fourth-order valence-corrected chi connectivity index (χ4v) is 2.19. The lowest BCUT2D eigenvalue weighted by atomic mass is 10.2. The molecule has 6 heteroatoms. The van der Waals surface area contributed by atoms with E-state index in [0.29, 0.717) is 10.9 Å². The van der Waals surface area contributed by atoms with Crippen molar-refractivity contribution < 1.29 is 14.5 Å². The monoisotopic (exact) mass is 296 g/mol. The second-order valence-corrected chi connectivity index (χ2v) is 4.73. The van der Waals surface area contributed by atoms with Crippen molar-refractivity contribution in [3.63, 3.8) is 0 Å². The van der Waals surface area contributed by atoms with Gasteiger partial charge in [-0.3, -0.25) is 14.7 Å². The Kier molecular flexibility index (Phi) is 3.57. The number of ether oxygens (including phenoxy) is 1. The van der Waals surface area contributed by atoms with Gasteiger partial charge in [-0.2, -0.15) is 0 Å². The predicted octanol–water partition coefficient (Wildman–Crippen LogP) is 3.73. The van der Waals surface area contributed by atoms with Gasteiger partial charge in [-0.15, -0.1) is 0 Å². The van der Waals surface area contributed by atoms with Crippen molar-refractivity contribution in [3.8, 4) is 0 Å². The highest BCUT2D eigenvalue weighted by Gasteiger charge is 2.13. The van der Waals surface area contributed by atoms with Crippen LogP contribution in [0.25, 0.3) is 10.9 Å². The molecule has 0 atom stereocenters. The first-order valence-electron chi connectivity index (χ1n) is 6.62. The Bertz CT molecular complexity index is 840. The van der Waals surface area contributed by atoms with Gasteiger partial charge in [0.2, 0.25) is 0 Å². The maximum atomic E-state index is 12.1. The SMILES string of the molecule is O=C(OCc1ccccc1)n1ccc2cc([N+](=O)[O-])ccc21. The van der Waals surface area contributed by atoms with Crippen molar-refractivity contribution >= 4 is 22.7 Å². The van der Waals surface area contributed by atoms with E-state index in [9.17, 15) is 14.9 Å². The molecule has 0 saturated heterocycles. The summed E-state index contributed by atoms with van der Waals surface area (Å²) in [5.74, 6) is 0. The summed E-state index contributed by atoms with van der Waals surface area (Å²) in [4.78, 5) is 22.4. The van der Waals surface area contributed by atoms with Gasteiger partial charge < -0.3 is 4.74 Å². The average Bonchev–Trinajstić information content (AvgIpc) is 2.96. The molecule has 1 aromatic heterocycles. The molecule has 3 aromatic rings. The maximum Gasteiger partial charge on any atom is 0.418 e. The van der Waals surface area contributed by atoms with E-state index in [4.69, 9.17) is 4.74 Å². The first kappa shape index (κ1) is 13.8. The summed E-state index contributed by atoms with van der Waals surface area (Å²) in [7, 11) is 0. The average molecular weight is 296 g/mol. The first-order chi connectivity index (χ1) is 10.6. The van der Waals surface area contributed by atoms with E-state index in [1.165, 1.54) is 22.8 Å². The number of nitro benzene ring substituents is 1. The highest BCUT2D eigenvalue weighted by atomic mass is 16.6. The van der Waals surface area contributed by atoms with Crippen LogP contribution < -0.4 is 0 Å². The minimum atomic E-state index is -0.521. The standard InChI is InChI=1S/C16H12N2O4/c19-16(22-11-12-4-2-1-3-5-12)17-9-8-13-10-14(18(20)21)6-7-15(13)17/h1-10H,11H2. The van der Waals surface area contributed by atoms with Crippen LogP contribution in [0.1, 0.15) is 5.56 Å². The summed E-state index contributed by atoms with van der Waals surface area (Å²) >= 11 is 0. The Morgan fingerprint density at radius 1 is 1.14 bits per heavy atom. The largest absolute Gasteiger partial charge is 0.444 e. The van der Waals surface area contributed by atoms with Crippen molar-refractivity contribution in [2.75, 3.05) is 0 Å². The first-order valence-corrected chi connectivity index (χ1v) is 6.62. The lowest BCUT2D eigenvalue weighted by Crippen LogP contribution is -2.12. The third-order valence-electron chi connectivity index (χ3n) is 3.29. The summed E-state index contributed by atoms with van der Waals surface area (Å²) < 4.78 is 6.58. The van der Waals surface area contributed by atoms with E-state index >= 15 is 0 Å². The minimum Gasteiger partial charge on any atom is -0.444 e. The van der Waals surface area contributed by atoms with Crippen LogP contribution in [0.3, 0.4) is 0 Å². The number of fused-ring (bicyclic) bond motifs is 1. The second-order valence-electron chi connectivity index (χ2n) is 4.73. The number of non-ortho nitro benzene ring substituents is 1. The lowest BCUT2D eigenvalue weighted by Gasteiger charge is -2.06. The molecule has 2 aromatic carbocycles. The molecule has 0 fully saturated rings. The van der Waals surface area contributed by atoms with E-state index in [2.05, 4.69) is 0 Å². The summed E-state index contributed by atoms with van der Waals surface area (Å²) in [6.45, 7) is 0.173. The Morgan fingerprint density at radius 3 is 2.64 bits per heavy atom. The maximum absolute atomic E-state index is 12.1.